The minimum Gasteiger partial charge on any atom is -0.467 e. The molecule has 1 amide bonds. The van der Waals surface area contributed by atoms with Gasteiger partial charge >= 0.3 is 0 Å². The summed E-state index contributed by atoms with van der Waals surface area (Å²) in [6.07, 6.45) is 3.25. The quantitative estimate of drug-likeness (QED) is 0.327. The highest BCUT2D eigenvalue weighted by molar-refractivity contribution is 7.99. The Bertz CT molecular complexity index is 1370. The van der Waals surface area contributed by atoms with E-state index in [0.29, 0.717) is 17.5 Å². The second kappa shape index (κ2) is 9.80. The van der Waals surface area contributed by atoms with Gasteiger partial charge in [-0.1, -0.05) is 59.8 Å². The summed E-state index contributed by atoms with van der Waals surface area (Å²) in [5.41, 5.74) is 3.81. The average molecular weight is 471 g/mol. The zero-order valence-electron chi connectivity index (χ0n) is 18.5. The predicted octanol–water partition coefficient (Wildman–Crippen LogP) is 4.81. The summed E-state index contributed by atoms with van der Waals surface area (Å²) < 4.78 is 8.99. The van der Waals surface area contributed by atoms with E-state index in [0.717, 1.165) is 22.7 Å². The molecule has 3 heterocycles. The van der Waals surface area contributed by atoms with Crippen molar-refractivity contribution in [3.05, 3.63) is 96.7 Å². The lowest BCUT2D eigenvalue weighted by Gasteiger charge is -2.09. The standard InChI is InChI=1S/C25H22N6O2S/c1-18-9-11-19(12-10-18)22-14-23(31(29-22)20-6-3-2-4-7-20)27-24(32)16-34-25-28-26-17-30(25)15-21-8-5-13-33-21/h2-14,17H,15-16H2,1H3,(H,27,32). The Hall–Kier alpha value is -4.11. The van der Waals surface area contributed by atoms with Crippen LogP contribution in [0.4, 0.5) is 5.82 Å². The Balaban J connectivity index is 1.33. The van der Waals surface area contributed by atoms with Crippen molar-refractivity contribution in [2.75, 3.05) is 11.1 Å². The fraction of sp³-hybridized carbons (Fsp3) is 0.120. The first kappa shape index (κ1) is 21.7. The highest BCUT2D eigenvalue weighted by Crippen LogP contribution is 2.26. The Morgan fingerprint density at radius 3 is 2.65 bits per heavy atom. The van der Waals surface area contributed by atoms with Gasteiger partial charge in [0.2, 0.25) is 5.91 Å². The molecule has 34 heavy (non-hydrogen) atoms. The SMILES string of the molecule is Cc1ccc(-c2cc(NC(=O)CSc3nncn3Cc3ccco3)n(-c3ccccc3)n2)cc1. The number of benzene rings is 2. The summed E-state index contributed by atoms with van der Waals surface area (Å²) >= 11 is 1.32. The molecule has 0 spiro atoms. The number of thioether (sulfide) groups is 1. The van der Waals surface area contributed by atoms with Gasteiger partial charge in [0.05, 0.1) is 29.9 Å². The van der Waals surface area contributed by atoms with E-state index in [1.54, 1.807) is 17.3 Å². The van der Waals surface area contributed by atoms with Gasteiger partial charge in [-0.05, 0) is 31.2 Å². The largest absolute Gasteiger partial charge is 0.467 e. The van der Waals surface area contributed by atoms with Gasteiger partial charge in [0.15, 0.2) is 5.16 Å². The molecule has 0 bridgehead atoms. The highest BCUT2D eigenvalue weighted by Gasteiger charge is 2.15. The van der Waals surface area contributed by atoms with Crippen molar-refractivity contribution in [2.45, 2.75) is 18.6 Å². The molecule has 0 atom stereocenters. The van der Waals surface area contributed by atoms with Gasteiger partial charge in [0, 0.05) is 11.6 Å². The molecule has 0 saturated heterocycles. The van der Waals surface area contributed by atoms with Gasteiger partial charge in [0.25, 0.3) is 0 Å². The Morgan fingerprint density at radius 1 is 1.06 bits per heavy atom. The van der Waals surface area contributed by atoms with E-state index < -0.39 is 0 Å². The van der Waals surface area contributed by atoms with Crippen LogP contribution in [0.2, 0.25) is 0 Å². The van der Waals surface area contributed by atoms with Gasteiger partial charge in [-0.2, -0.15) is 5.10 Å². The molecule has 0 aliphatic heterocycles. The number of amides is 1. The van der Waals surface area contributed by atoms with Crippen molar-refractivity contribution in [1.82, 2.24) is 24.5 Å². The summed E-state index contributed by atoms with van der Waals surface area (Å²) in [5, 5.41) is 16.5. The van der Waals surface area contributed by atoms with E-state index in [1.165, 1.54) is 17.3 Å². The average Bonchev–Trinajstić information content (AvgIpc) is 3.61. The first-order chi connectivity index (χ1) is 16.7. The lowest BCUT2D eigenvalue weighted by atomic mass is 10.1. The van der Waals surface area contributed by atoms with Crippen molar-refractivity contribution < 1.29 is 9.21 Å². The summed E-state index contributed by atoms with van der Waals surface area (Å²) in [7, 11) is 0. The molecule has 9 heteroatoms. The first-order valence-electron chi connectivity index (χ1n) is 10.7. The molecule has 170 valence electrons. The number of para-hydroxylation sites is 1. The molecule has 0 aliphatic rings. The van der Waals surface area contributed by atoms with Crippen LogP contribution < -0.4 is 5.32 Å². The minimum absolute atomic E-state index is 0.162. The summed E-state index contributed by atoms with van der Waals surface area (Å²) in [5.74, 6) is 1.41. The molecule has 0 radical (unpaired) electrons. The van der Waals surface area contributed by atoms with E-state index in [1.807, 2.05) is 84.3 Å². The number of aryl methyl sites for hydroxylation is 1. The molecule has 5 aromatic rings. The molecule has 0 saturated carbocycles. The van der Waals surface area contributed by atoms with E-state index in [-0.39, 0.29) is 11.7 Å². The smallest absolute Gasteiger partial charge is 0.236 e. The van der Waals surface area contributed by atoms with Crippen molar-refractivity contribution >= 4 is 23.5 Å². The van der Waals surface area contributed by atoms with Crippen LogP contribution >= 0.6 is 11.8 Å². The molecule has 0 aliphatic carbocycles. The fourth-order valence-corrected chi connectivity index (χ4v) is 4.16. The molecule has 8 nitrogen and oxygen atoms in total. The number of rotatable bonds is 8. The number of nitrogens with zero attached hydrogens (tertiary/aromatic N) is 5. The number of hydrogen-bond acceptors (Lipinski definition) is 6. The molecule has 0 fully saturated rings. The van der Waals surface area contributed by atoms with Crippen LogP contribution in [0.25, 0.3) is 16.9 Å². The van der Waals surface area contributed by atoms with Crippen LogP contribution in [0, 0.1) is 6.92 Å². The molecular weight excluding hydrogens is 448 g/mol. The van der Waals surface area contributed by atoms with Gasteiger partial charge in [-0.15, -0.1) is 10.2 Å². The van der Waals surface area contributed by atoms with E-state index in [2.05, 4.69) is 15.5 Å². The maximum Gasteiger partial charge on any atom is 0.236 e. The van der Waals surface area contributed by atoms with Crippen LogP contribution in [-0.2, 0) is 11.3 Å². The number of carbonyl (C=O) groups is 1. The van der Waals surface area contributed by atoms with Crippen molar-refractivity contribution in [3.63, 3.8) is 0 Å². The van der Waals surface area contributed by atoms with Crippen LogP contribution in [0.5, 0.6) is 0 Å². The van der Waals surface area contributed by atoms with Crippen molar-refractivity contribution in [2.24, 2.45) is 0 Å². The molecule has 3 aromatic heterocycles. The van der Waals surface area contributed by atoms with Gasteiger partial charge < -0.3 is 14.3 Å². The summed E-state index contributed by atoms with van der Waals surface area (Å²) in [6.45, 7) is 2.55. The van der Waals surface area contributed by atoms with Gasteiger partial charge in [-0.25, -0.2) is 4.68 Å². The normalized spacial score (nSPS) is 11.0. The first-order valence-corrected chi connectivity index (χ1v) is 11.7. The molecule has 2 aromatic carbocycles. The van der Waals surface area contributed by atoms with Gasteiger partial charge in [0.1, 0.15) is 17.9 Å². The fourth-order valence-electron chi connectivity index (χ4n) is 3.45. The van der Waals surface area contributed by atoms with Crippen LogP contribution in [0.1, 0.15) is 11.3 Å². The second-order valence-corrected chi connectivity index (χ2v) is 8.63. The topological polar surface area (TPSA) is 90.8 Å². The van der Waals surface area contributed by atoms with Crippen LogP contribution in [-0.4, -0.2) is 36.2 Å². The Morgan fingerprint density at radius 2 is 1.88 bits per heavy atom. The number of hydrogen-bond donors (Lipinski definition) is 1. The lowest BCUT2D eigenvalue weighted by Crippen LogP contribution is -2.17. The third-order valence-electron chi connectivity index (χ3n) is 5.14. The van der Waals surface area contributed by atoms with Crippen LogP contribution in [0.3, 0.4) is 0 Å². The number of anilines is 1. The number of nitrogens with one attached hydrogen (secondary N) is 1. The predicted molar refractivity (Wildman–Crippen MR) is 131 cm³/mol. The van der Waals surface area contributed by atoms with E-state index >= 15 is 0 Å². The zero-order chi connectivity index (χ0) is 23.3. The second-order valence-electron chi connectivity index (χ2n) is 7.69. The maximum absolute atomic E-state index is 12.9. The molecular formula is C25H22N6O2S. The lowest BCUT2D eigenvalue weighted by molar-refractivity contribution is -0.113. The Labute approximate surface area is 200 Å². The molecule has 1 N–H and O–H groups in total. The maximum atomic E-state index is 12.9. The number of carbonyl (C=O) groups excluding carboxylic acids is 1. The molecule has 5 rings (SSSR count). The Kier molecular flexibility index (Phi) is 6.26. The zero-order valence-corrected chi connectivity index (χ0v) is 19.3. The van der Waals surface area contributed by atoms with Crippen molar-refractivity contribution in [3.8, 4) is 16.9 Å². The van der Waals surface area contributed by atoms with E-state index in [9.17, 15) is 4.79 Å². The van der Waals surface area contributed by atoms with E-state index in [4.69, 9.17) is 9.52 Å². The highest BCUT2D eigenvalue weighted by atomic mass is 32.2. The van der Waals surface area contributed by atoms with Crippen molar-refractivity contribution in [1.29, 1.82) is 0 Å². The summed E-state index contributed by atoms with van der Waals surface area (Å²) in [6, 6.07) is 23.5. The monoisotopic (exact) mass is 470 g/mol. The molecule has 0 unspecified atom stereocenters. The number of aromatic nitrogens is 5. The minimum atomic E-state index is -0.162. The summed E-state index contributed by atoms with van der Waals surface area (Å²) in [4.78, 5) is 12.9. The van der Waals surface area contributed by atoms with Gasteiger partial charge in [-0.3, -0.25) is 4.79 Å². The number of furan rings is 1. The third kappa shape index (κ3) is 4.94. The third-order valence-corrected chi connectivity index (χ3v) is 6.12. The van der Waals surface area contributed by atoms with Crippen LogP contribution in [0.15, 0.2) is 95.0 Å².